The molecule has 0 amide bonds. The van der Waals surface area contributed by atoms with E-state index < -0.39 is 20.0 Å². The Morgan fingerprint density at radius 3 is 1.54 bits per heavy atom. The smallest absolute Gasteiger partial charge is 0.252 e. The van der Waals surface area contributed by atoms with Gasteiger partial charge in [0.05, 0.1) is 20.2 Å². The zero-order valence-electron chi connectivity index (χ0n) is 32.2. The average Bonchev–Trinajstić information content (AvgIpc) is 4.11. The predicted molar refractivity (Wildman–Crippen MR) is 235 cm³/mol. The summed E-state index contributed by atoms with van der Waals surface area (Å²) in [7, 11) is -5.75. The highest BCUT2D eigenvalue weighted by Gasteiger charge is 2.27. The number of likely N-dealkylation sites (N-methyl/N-ethyl adjacent to an activating group) is 1. The summed E-state index contributed by atoms with van der Waals surface area (Å²) >= 11 is 1.39. The van der Waals surface area contributed by atoms with Crippen LogP contribution in [0.3, 0.4) is 0 Å². The van der Waals surface area contributed by atoms with E-state index in [1.54, 1.807) is 127 Å². The van der Waals surface area contributed by atoms with Crippen molar-refractivity contribution in [3.05, 3.63) is 181 Å². The highest BCUT2D eigenvalue weighted by molar-refractivity contribution is 7.90. The van der Waals surface area contributed by atoms with Crippen molar-refractivity contribution in [1.82, 2.24) is 22.9 Å². The third kappa shape index (κ3) is 7.36. The van der Waals surface area contributed by atoms with Crippen LogP contribution in [0.15, 0.2) is 174 Å². The fraction of sp³-hybridized carbons (Fsp3) is 0.0435. The summed E-state index contributed by atoms with van der Waals surface area (Å²) in [4.78, 5) is 14.1. The minimum atomic E-state index is -3.86. The molecule has 0 aliphatic carbocycles. The van der Waals surface area contributed by atoms with E-state index in [4.69, 9.17) is 0 Å². The zero-order chi connectivity index (χ0) is 42.3. The lowest BCUT2D eigenvalue weighted by Crippen LogP contribution is -2.12. The Balaban J connectivity index is 0.000000156. The van der Waals surface area contributed by atoms with E-state index in [2.05, 4.69) is 15.0 Å². The molecule has 5 aromatic heterocycles. The van der Waals surface area contributed by atoms with Gasteiger partial charge in [-0.3, -0.25) is 4.98 Å². The summed E-state index contributed by atoms with van der Waals surface area (Å²) in [6.45, 7) is 0.647. The number of fused-ring (bicyclic) bond motifs is 2. The fourth-order valence-electron chi connectivity index (χ4n) is 7.19. The largest absolute Gasteiger partial charge is 0.269 e. The SMILES string of the molecule is C[N+]1=CC=C(c2cn(S(=O)(=O)c3ccccc3)c3ncc(-c4ccccc4F)cc23)C1.O=S(=O)(c1ccccc1)n1cc(-c2cncs2)c2cc(-c3ccccc3F)cnc21. The van der Waals surface area contributed by atoms with E-state index >= 15 is 0 Å². The second-order valence-corrected chi connectivity index (χ2v) is 18.6. The number of allylic oxidation sites excluding steroid dienone is 1. The number of benzene rings is 4. The molecule has 0 atom stereocenters. The second kappa shape index (κ2) is 15.9. The Hall–Kier alpha value is -6.94. The topological polar surface area (TPSA) is 120 Å². The highest BCUT2D eigenvalue weighted by atomic mass is 32.2. The maximum atomic E-state index is 14.4. The van der Waals surface area contributed by atoms with Gasteiger partial charge in [-0.25, -0.2) is 48.1 Å². The first-order chi connectivity index (χ1) is 29.5. The molecule has 6 heterocycles. The lowest BCUT2D eigenvalue weighted by Gasteiger charge is -2.07. The van der Waals surface area contributed by atoms with Crippen LogP contribution in [-0.2, 0) is 20.0 Å². The van der Waals surface area contributed by atoms with Crippen LogP contribution >= 0.6 is 11.3 Å². The number of nitrogens with zero attached hydrogens (tertiary/aromatic N) is 6. The van der Waals surface area contributed by atoms with Gasteiger partial charge in [-0.2, -0.15) is 0 Å². The first-order valence-corrected chi connectivity index (χ1v) is 22.5. The minimum absolute atomic E-state index is 0.165. The Kier molecular flexibility index (Phi) is 10.3. The molecule has 10 rings (SSSR count). The van der Waals surface area contributed by atoms with Crippen LogP contribution in [0, 0.1) is 11.6 Å². The molecule has 302 valence electrons. The van der Waals surface area contributed by atoms with E-state index in [9.17, 15) is 25.6 Å². The summed E-state index contributed by atoms with van der Waals surface area (Å²) < 4.78 is 86.5. The molecule has 0 saturated heterocycles. The first kappa shape index (κ1) is 39.5. The van der Waals surface area contributed by atoms with Crippen LogP contribution < -0.4 is 0 Å². The standard InChI is InChI=1S/C24H19FN3O2S.C22H14FN3O2S2/c1-27-12-11-17(15-27)22-16-28(31(29,30)19-7-3-2-4-8-19)24-21(22)13-18(14-26-24)20-9-5-6-10-23(20)25;23-20-9-5-4-8-17(20)15-10-18-19(21-12-24-14-29-21)13-26(22(18)25-11-15)30(27,28)16-6-2-1-3-7-16/h2-14,16H,15H2,1H3;1-14H/q+1;. The molecule has 0 saturated carbocycles. The van der Waals surface area contributed by atoms with Crippen molar-refractivity contribution in [2.45, 2.75) is 9.79 Å². The lowest BCUT2D eigenvalue weighted by atomic mass is 10.0. The third-order valence-corrected chi connectivity index (χ3v) is 14.3. The molecule has 9 aromatic rings. The number of halogens is 2. The summed E-state index contributed by atoms with van der Waals surface area (Å²) in [6, 6.07) is 32.9. The fourth-order valence-corrected chi connectivity index (χ4v) is 10.5. The van der Waals surface area contributed by atoms with Crippen molar-refractivity contribution < 1.29 is 30.2 Å². The highest BCUT2D eigenvalue weighted by Crippen LogP contribution is 2.37. The molecule has 0 bridgehead atoms. The number of hydrogen-bond donors (Lipinski definition) is 0. The number of thiazole rings is 1. The van der Waals surface area contributed by atoms with Crippen LogP contribution in [-0.4, -0.2) is 64.1 Å². The van der Waals surface area contributed by atoms with Gasteiger partial charge in [-0.15, -0.1) is 11.3 Å². The molecule has 1 aliphatic rings. The number of aromatic nitrogens is 5. The van der Waals surface area contributed by atoms with Crippen LogP contribution in [0.1, 0.15) is 5.56 Å². The molecule has 0 unspecified atom stereocenters. The molecule has 61 heavy (non-hydrogen) atoms. The lowest BCUT2D eigenvalue weighted by molar-refractivity contribution is -0.475. The summed E-state index contributed by atoms with van der Waals surface area (Å²) in [5, 5.41) is 1.27. The molecular formula is C46H33F2N6O4S3+. The van der Waals surface area contributed by atoms with E-state index in [0.29, 0.717) is 50.8 Å². The second-order valence-electron chi connectivity index (χ2n) is 14.1. The zero-order valence-corrected chi connectivity index (χ0v) is 34.6. The summed E-state index contributed by atoms with van der Waals surface area (Å²) in [5.41, 5.74) is 6.68. The molecule has 0 spiro atoms. The molecular weight excluding hydrogens is 835 g/mol. The Morgan fingerprint density at radius 1 is 0.607 bits per heavy atom. The van der Waals surface area contributed by atoms with E-state index in [1.807, 2.05) is 30.0 Å². The molecule has 10 nitrogen and oxygen atoms in total. The maximum Gasteiger partial charge on any atom is 0.269 e. The third-order valence-electron chi connectivity index (χ3n) is 10.2. The monoisotopic (exact) mass is 867 g/mol. The van der Waals surface area contributed by atoms with E-state index in [1.165, 1.54) is 43.8 Å². The van der Waals surface area contributed by atoms with E-state index in [0.717, 1.165) is 16.0 Å². The molecule has 4 aromatic carbocycles. The van der Waals surface area contributed by atoms with Gasteiger partial charge in [0, 0.05) is 86.8 Å². The molecule has 0 radical (unpaired) electrons. The number of pyridine rings is 2. The Morgan fingerprint density at radius 2 is 1.08 bits per heavy atom. The van der Waals surface area contributed by atoms with Gasteiger partial charge in [0.1, 0.15) is 18.7 Å². The van der Waals surface area contributed by atoms with Gasteiger partial charge in [-0.05, 0) is 48.5 Å². The summed E-state index contributed by atoms with van der Waals surface area (Å²) in [6.07, 6.45) is 11.8. The molecule has 0 fully saturated rings. The van der Waals surface area contributed by atoms with Gasteiger partial charge in [0.2, 0.25) is 0 Å². The predicted octanol–water partition coefficient (Wildman–Crippen LogP) is 9.39. The van der Waals surface area contributed by atoms with Gasteiger partial charge in [-0.1, -0.05) is 72.8 Å². The van der Waals surface area contributed by atoms with Crippen LogP contribution in [0.2, 0.25) is 0 Å². The van der Waals surface area contributed by atoms with Crippen LogP contribution in [0.25, 0.3) is 60.3 Å². The van der Waals surface area contributed by atoms with Crippen molar-refractivity contribution >= 4 is 65.2 Å². The molecule has 0 N–H and O–H groups in total. The number of hydrogen-bond acceptors (Lipinski definition) is 8. The molecule has 15 heteroatoms. The Labute approximate surface area is 353 Å². The quantitative estimate of drug-likeness (QED) is 0.140. The maximum absolute atomic E-state index is 14.4. The van der Waals surface area contributed by atoms with Gasteiger partial charge < -0.3 is 0 Å². The number of rotatable bonds is 8. The normalized spacial score (nSPS) is 12.9. The van der Waals surface area contributed by atoms with Crippen LogP contribution in [0.4, 0.5) is 8.78 Å². The van der Waals surface area contributed by atoms with Crippen molar-refractivity contribution in [3.8, 4) is 32.7 Å². The van der Waals surface area contributed by atoms with Crippen molar-refractivity contribution in [2.24, 2.45) is 0 Å². The van der Waals surface area contributed by atoms with Gasteiger partial charge >= 0.3 is 0 Å². The summed E-state index contributed by atoms with van der Waals surface area (Å²) in [5.74, 6) is -0.719. The van der Waals surface area contributed by atoms with Gasteiger partial charge in [0.25, 0.3) is 20.0 Å². The minimum Gasteiger partial charge on any atom is -0.252 e. The average molecular weight is 868 g/mol. The van der Waals surface area contributed by atoms with Crippen molar-refractivity contribution in [1.29, 1.82) is 0 Å². The van der Waals surface area contributed by atoms with Crippen molar-refractivity contribution in [2.75, 3.05) is 13.6 Å². The Bertz CT molecular complexity index is 3400. The molecule has 1 aliphatic heterocycles. The van der Waals surface area contributed by atoms with E-state index in [-0.39, 0.29) is 27.1 Å². The van der Waals surface area contributed by atoms with Crippen molar-refractivity contribution in [3.63, 3.8) is 0 Å². The van der Waals surface area contributed by atoms with Crippen LogP contribution in [0.5, 0.6) is 0 Å². The van der Waals surface area contributed by atoms with Gasteiger partial charge in [0.15, 0.2) is 24.1 Å². The first-order valence-electron chi connectivity index (χ1n) is 18.8.